The van der Waals surface area contributed by atoms with E-state index >= 15 is 0 Å². The topological polar surface area (TPSA) is 102 Å². The van der Waals surface area contributed by atoms with Gasteiger partial charge in [0.05, 0.1) is 24.7 Å². The molecule has 0 radical (unpaired) electrons. The summed E-state index contributed by atoms with van der Waals surface area (Å²) in [5, 5.41) is 10.2. The summed E-state index contributed by atoms with van der Waals surface area (Å²) in [7, 11) is 1.58. The summed E-state index contributed by atoms with van der Waals surface area (Å²) in [6.07, 6.45) is 1.45. The van der Waals surface area contributed by atoms with Crippen molar-refractivity contribution >= 4 is 34.4 Å². The molecule has 4 rings (SSSR count). The number of benzene rings is 2. The van der Waals surface area contributed by atoms with Gasteiger partial charge >= 0.3 is 0 Å². The number of aromatic amines is 1. The lowest BCUT2D eigenvalue weighted by Crippen LogP contribution is -2.22. The van der Waals surface area contributed by atoms with Crippen molar-refractivity contribution < 1.29 is 9.53 Å². The fourth-order valence-electron chi connectivity index (χ4n) is 2.89. The number of hydrogen-bond acceptors (Lipinski definition) is 6. The molecule has 0 bridgehead atoms. The van der Waals surface area contributed by atoms with Crippen LogP contribution in [0.5, 0.6) is 5.75 Å². The van der Waals surface area contributed by atoms with Crippen LogP contribution in [0.2, 0.25) is 0 Å². The molecule has 0 aliphatic carbocycles. The van der Waals surface area contributed by atoms with Crippen molar-refractivity contribution in [3.8, 4) is 11.4 Å². The molecule has 1 amide bonds. The molecule has 30 heavy (non-hydrogen) atoms. The molecular formula is C21H19N5O3S. The molecule has 9 heteroatoms. The molecule has 0 aliphatic heterocycles. The number of aromatic nitrogens is 4. The van der Waals surface area contributed by atoms with E-state index in [9.17, 15) is 9.59 Å². The minimum absolute atomic E-state index is 0.0934. The van der Waals surface area contributed by atoms with Gasteiger partial charge in [-0.2, -0.15) is 5.10 Å². The third kappa shape index (κ3) is 4.06. The maximum atomic E-state index is 13.1. The molecule has 0 saturated heterocycles. The molecule has 2 aromatic carbocycles. The SMILES string of the molecule is COc1ccc(-n2c(SCC(=O)Nc3ccc(C)cc3)nc3[nH]ncc3c2=O)cc1. The first kappa shape index (κ1) is 19.7. The number of nitrogens with zero attached hydrogens (tertiary/aromatic N) is 3. The van der Waals surface area contributed by atoms with Crippen LogP contribution in [0.3, 0.4) is 0 Å². The Bertz CT molecular complexity index is 1250. The maximum absolute atomic E-state index is 13.1. The number of carbonyl (C=O) groups excluding carboxylic acids is 1. The summed E-state index contributed by atoms with van der Waals surface area (Å²) in [5.41, 5.74) is 2.57. The predicted octanol–water partition coefficient (Wildman–Crippen LogP) is 3.16. The number of aryl methyl sites for hydroxylation is 1. The summed E-state index contributed by atoms with van der Waals surface area (Å²) >= 11 is 1.18. The van der Waals surface area contributed by atoms with E-state index in [0.29, 0.717) is 27.6 Å². The van der Waals surface area contributed by atoms with Crippen LogP contribution in [0.25, 0.3) is 16.7 Å². The lowest BCUT2D eigenvalue weighted by atomic mass is 10.2. The van der Waals surface area contributed by atoms with Gasteiger partial charge in [-0.3, -0.25) is 19.3 Å². The molecule has 0 spiro atoms. The average Bonchev–Trinajstić information content (AvgIpc) is 3.23. The van der Waals surface area contributed by atoms with E-state index < -0.39 is 0 Å². The smallest absolute Gasteiger partial charge is 0.269 e. The minimum atomic E-state index is -0.264. The normalized spacial score (nSPS) is 10.9. The average molecular weight is 421 g/mol. The van der Waals surface area contributed by atoms with Crippen LogP contribution in [-0.2, 0) is 4.79 Å². The van der Waals surface area contributed by atoms with Gasteiger partial charge in [-0.05, 0) is 43.3 Å². The van der Waals surface area contributed by atoms with Crippen LogP contribution in [-0.4, -0.2) is 38.5 Å². The van der Waals surface area contributed by atoms with E-state index in [1.165, 1.54) is 22.5 Å². The first-order valence-electron chi connectivity index (χ1n) is 9.15. The van der Waals surface area contributed by atoms with Gasteiger partial charge in [-0.25, -0.2) is 4.98 Å². The standard InChI is InChI=1S/C21H19N5O3S/c1-13-3-5-14(6-4-13)23-18(27)12-30-21-24-19-17(11-22-25-19)20(28)26(21)15-7-9-16(29-2)10-8-15/h3-11H,12H2,1-2H3,(H,22,25)(H,23,27). The molecule has 0 atom stereocenters. The van der Waals surface area contributed by atoms with Crippen molar-refractivity contribution in [2.45, 2.75) is 12.1 Å². The number of amides is 1. The quantitative estimate of drug-likeness (QED) is 0.366. The molecule has 152 valence electrons. The summed E-state index contributed by atoms with van der Waals surface area (Å²) in [6.45, 7) is 1.98. The molecule has 0 saturated carbocycles. The van der Waals surface area contributed by atoms with Gasteiger partial charge in [0.2, 0.25) is 5.91 Å². The highest BCUT2D eigenvalue weighted by molar-refractivity contribution is 7.99. The van der Waals surface area contributed by atoms with Crippen LogP contribution < -0.4 is 15.6 Å². The number of methoxy groups -OCH3 is 1. The van der Waals surface area contributed by atoms with Crippen molar-refractivity contribution in [2.24, 2.45) is 0 Å². The molecule has 8 nitrogen and oxygen atoms in total. The van der Waals surface area contributed by atoms with Gasteiger partial charge in [0, 0.05) is 5.69 Å². The molecule has 2 aromatic heterocycles. The Balaban J connectivity index is 1.62. The van der Waals surface area contributed by atoms with E-state index in [-0.39, 0.29) is 17.2 Å². The van der Waals surface area contributed by atoms with Gasteiger partial charge in [0.15, 0.2) is 10.8 Å². The second kappa shape index (κ2) is 8.42. The molecule has 0 unspecified atom stereocenters. The van der Waals surface area contributed by atoms with E-state index in [4.69, 9.17) is 4.74 Å². The highest BCUT2D eigenvalue weighted by atomic mass is 32.2. The lowest BCUT2D eigenvalue weighted by Gasteiger charge is -2.12. The Hall–Kier alpha value is -3.59. The van der Waals surface area contributed by atoms with E-state index in [0.717, 1.165) is 11.3 Å². The summed E-state index contributed by atoms with van der Waals surface area (Å²) < 4.78 is 6.66. The van der Waals surface area contributed by atoms with Crippen LogP contribution in [0.1, 0.15) is 5.56 Å². The molecule has 2 N–H and O–H groups in total. The van der Waals surface area contributed by atoms with Crippen LogP contribution in [0, 0.1) is 6.92 Å². The number of thioether (sulfide) groups is 1. The Labute approximate surface area is 176 Å². The molecule has 4 aromatic rings. The number of fused-ring (bicyclic) bond motifs is 1. The summed E-state index contributed by atoms with van der Waals surface area (Å²) in [4.78, 5) is 30.0. The number of rotatable bonds is 6. The zero-order valence-electron chi connectivity index (χ0n) is 16.4. The van der Waals surface area contributed by atoms with Crippen LogP contribution in [0.4, 0.5) is 5.69 Å². The molecule has 2 heterocycles. The Morgan fingerprint density at radius 3 is 2.60 bits per heavy atom. The monoisotopic (exact) mass is 421 g/mol. The number of H-pyrrole nitrogens is 1. The zero-order valence-corrected chi connectivity index (χ0v) is 17.2. The third-order valence-corrected chi connectivity index (χ3v) is 5.39. The van der Waals surface area contributed by atoms with E-state index in [1.807, 2.05) is 31.2 Å². The first-order valence-corrected chi connectivity index (χ1v) is 10.1. The number of ether oxygens (including phenoxy) is 1. The Kier molecular flexibility index (Phi) is 5.53. The number of carbonyl (C=O) groups is 1. The van der Waals surface area contributed by atoms with Gasteiger partial charge in [-0.15, -0.1) is 0 Å². The second-order valence-corrected chi connectivity index (χ2v) is 7.51. The fourth-order valence-corrected chi connectivity index (χ4v) is 3.70. The predicted molar refractivity (Wildman–Crippen MR) is 117 cm³/mol. The van der Waals surface area contributed by atoms with E-state index in [2.05, 4.69) is 20.5 Å². The number of nitrogens with one attached hydrogen (secondary N) is 2. The number of hydrogen-bond donors (Lipinski definition) is 2. The Morgan fingerprint density at radius 1 is 1.17 bits per heavy atom. The van der Waals surface area contributed by atoms with Gasteiger partial charge in [-0.1, -0.05) is 29.5 Å². The van der Waals surface area contributed by atoms with Crippen LogP contribution in [0.15, 0.2) is 64.7 Å². The second-order valence-electron chi connectivity index (χ2n) is 6.57. The van der Waals surface area contributed by atoms with Gasteiger partial charge < -0.3 is 10.1 Å². The first-order chi connectivity index (χ1) is 14.5. The highest BCUT2D eigenvalue weighted by Gasteiger charge is 2.16. The molecule has 0 fully saturated rings. The Morgan fingerprint density at radius 2 is 1.90 bits per heavy atom. The van der Waals surface area contributed by atoms with Crippen molar-refractivity contribution in [3.05, 3.63) is 70.6 Å². The van der Waals surface area contributed by atoms with Crippen molar-refractivity contribution in [3.63, 3.8) is 0 Å². The lowest BCUT2D eigenvalue weighted by molar-refractivity contribution is -0.113. The van der Waals surface area contributed by atoms with Gasteiger partial charge in [0.25, 0.3) is 5.56 Å². The summed E-state index contributed by atoms with van der Waals surface area (Å²) in [6, 6.07) is 14.6. The van der Waals surface area contributed by atoms with Gasteiger partial charge in [0.1, 0.15) is 11.1 Å². The minimum Gasteiger partial charge on any atom is -0.497 e. The van der Waals surface area contributed by atoms with Crippen LogP contribution >= 0.6 is 11.8 Å². The molecular weight excluding hydrogens is 402 g/mol. The largest absolute Gasteiger partial charge is 0.497 e. The van der Waals surface area contributed by atoms with Crippen molar-refractivity contribution in [1.82, 2.24) is 19.7 Å². The maximum Gasteiger partial charge on any atom is 0.269 e. The van der Waals surface area contributed by atoms with Crippen molar-refractivity contribution in [2.75, 3.05) is 18.2 Å². The highest BCUT2D eigenvalue weighted by Crippen LogP contribution is 2.22. The fraction of sp³-hybridized carbons (Fsp3) is 0.143. The third-order valence-electron chi connectivity index (χ3n) is 4.45. The van der Waals surface area contributed by atoms with Crippen molar-refractivity contribution in [1.29, 1.82) is 0 Å². The number of anilines is 1. The molecule has 0 aliphatic rings. The zero-order chi connectivity index (χ0) is 21.1. The van der Waals surface area contributed by atoms with E-state index in [1.54, 1.807) is 31.4 Å². The summed E-state index contributed by atoms with van der Waals surface area (Å²) in [5.74, 6) is 0.579.